The highest BCUT2D eigenvalue weighted by Gasteiger charge is 2.45. The molecule has 2 aliphatic heterocycles. The fourth-order valence-electron chi connectivity index (χ4n) is 7.03. The molecular weight excluding hydrogens is 541 g/mol. The van der Waals surface area contributed by atoms with Gasteiger partial charge in [-0.05, 0) is 89.3 Å². The second kappa shape index (κ2) is 12.8. The Hall–Kier alpha value is -2.47. The van der Waals surface area contributed by atoms with Crippen LogP contribution in [0, 0.1) is 17.2 Å². The summed E-state index contributed by atoms with van der Waals surface area (Å²) in [5, 5.41) is 5.59. The van der Waals surface area contributed by atoms with E-state index < -0.39 is 5.82 Å². The van der Waals surface area contributed by atoms with Crippen LogP contribution in [0.3, 0.4) is 0 Å². The second-order valence-corrected chi connectivity index (χ2v) is 13.1. The standard InChI is InChI=1S/C30H44FN7O2S/c1-20(2)38(21(3)4)29(39)25-13-23(31)5-6-26(25)40-27-14-33-19-34-28(27)37-12-9-22(16-37)15-36-17-30(18-36)10-7-24(8-11-30)35-41-32/h5-6,13-14,19-22,24,35H,7-12,15-18,32H2,1-4H3. The first-order valence-electron chi connectivity index (χ1n) is 14.9. The average molecular weight is 586 g/mol. The molecule has 3 N–H and O–H groups in total. The summed E-state index contributed by atoms with van der Waals surface area (Å²) in [5.74, 6) is 1.29. The van der Waals surface area contributed by atoms with E-state index >= 15 is 0 Å². The molecule has 0 radical (unpaired) electrons. The lowest BCUT2D eigenvalue weighted by Gasteiger charge is -2.54. The molecule has 1 atom stereocenters. The minimum atomic E-state index is -0.480. The number of carbonyl (C=O) groups excluding carboxylic acids is 1. The molecule has 224 valence electrons. The number of nitrogens with zero attached hydrogens (tertiary/aromatic N) is 5. The van der Waals surface area contributed by atoms with Gasteiger partial charge in [0.15, 0.2) is 11.6 Å². The van der Waals surface area contributed by atoms with Crippen LogP contribution < -0.4 is 19.5 Å². The number of ether oxygens (including phenoxy) is 1. The van der Waals surface area contributed by atoms with Gasteiger partial charge in [-0.3, -0.25) is 9.93 Å². The topological polar surface area (TPSA) is 99.9 Å². The first kappa shape index (κ1) is 30.0. The fraction of sp³-hybridized carbons (Fsp3) is 0.633. The van der Waals surface area contributed by atoms with Crippen molar-refractivity contribution < 1.29 is 13.9 Å². The Morgan fingerprint density at radius 3 is 2.61 bits per heavy atom. The molecule has 0 bridgehead atoms. The molecule has 41 heavy (non-hydrogen) atoms. The van der Waals surface area contributed by atoms with Crippen LogP contribution in [0.2, 0.25) is 0 Å². The molecule has 1 amide bonds. The van der Waals surface area contributed by atoms with Gasteiger partial charge in [0.25, 0.3) is 5.91 Å². The van der Waals surface area contributed by atoms with Crippen LogP contribution in [0.15, 0.2) is 30.7 Å². The maximum absolute atomic E-state index is 14.3. The third-order valence-corrected chi connectivity index (χ3v) is 9.37. The third-order valence-electron chi connectivity index (χ3n) is 8.90. The Labute approximate surface area is 247 Å². The van der Waals surface area contributed by atoms with Gasteiger partial charge >= 0.3 is 0 Å². The molecule has 3 heterocycles. The van der Waals surface area contributed by atoms with E-state index in [0.717, 1.165) is 26.1 Å². The minimum Gasteiger partial charge on any atom is -0.451 e. The van der Waals surface area contributed by atoms with Gasteiger partial charge in [-0.25, -0.2) is 19.1 Å². The van der Waals surface area contributed by atoms with Crippen LogP contribution >= 0.6 is 12.1 Å². The van der Waals surface area contributed by atoms with Gasteiger partial charge in [-0.15, -0.1) is 0 Å². The number of hydrogen-bond donors (Lipinski definition) is 2. The van der Waals surface area contributed by atoms with Crippen molar-refractivity contribution in [2.75, 3.05) is 37.6 Å². The first-order chi connectivity index (χ1) is 19.7. The van der Waals surface area contributed by atoms with E-state index in [4.69, 9.17) is 9.88 Å². The molecular formula is C30H44FN7O2S. The van der Waals surface area contributed by atoms with Gasteiger partial charge in [0.2, 0.25) is 0 Å². The smallest absolute Gasteiger partial charge is 0.258 e. The van der Waals surface area contributed by atoms with Gasteiger partial charge in [-0.2, -0.15) is 0 Å². The van der Waals surface area contributed by atoms with Crippen molar-refractivity contribution in [1.82, 2.24) is 24.5 Å². The van der Waals surface area contributed by atoms with Crippen LogP contribution in [0.5, 0.6) is 11.5 Å². The van der Waals surface area contributed by atoms with Crippen molar-refractivity contribution >= 4 is 23.9 Å². The number of benzene rings is 1. The number of anilines is 1. The highest BCUT2D eigenvalue weighted by atomic mass is 32.2. The molecule has 1 saturated carbocycles. The zero-order chi connectivity index (χ0) is 29.1. The van der Waals surface area contributed by atoms with Crippen molar-refractivity contribution in [3.63, 3.8) is 0 Å². The van der Waals surface area contributed by atoms with E-state index in [0.29, 0.717) is 34.7 Å². The van der Waals surface area contributed by atoms with Crippen molar-refractivity contribution in [3.8, 4) is 11.5 Å². The summed E-state index contributed by atoms with van der Waals surface area (Å²) < 4.78 is 23.9. The molecule has 5 rings (SSSR count). The minimum absolute atomic E-state index is 0.0423. The van der Waals surface area contributed by atoms with Crippen molar-refractivity contribution in [2.24, 2.45) is 16.5 Å². The largest absolute Gasteiger partial charge is 0.451 e. The predicted octanol–water partition coefficient (Wildman–Crippen LogP) is 4.85. The van der Waals surface area contributed by atoms with Gasteiger partial charge < -0.3 is 19.4 Å². The van der Waals surface area contributed by atoms with Crippen LogP contribution in [-0.2, 0) is 0 Å². The van der Waals surface area contributed by atoms with Gasteiger partial charge in [0.05, 0.1) is 11.8 Å². The molecule has 1 spiro atoms. The van der Waals surface area contributed by atoms with Crippen LogP contribution in [0.25, 0.3) is 0 Å². The highest BCUT2D eigenvalue weighted by Crippen LogP contribution is 2.45. The van der Waals surface area contributed by atoms with E-state index in [2.05, 4.69) is 24.5 Å². The molecule has 1 aromatic carbocycles. The summed E-state index contributed by atoms with van der Waals surface area (Å²) in [4.78, 5) is 28.9. The number of rotatable bonds is 10. The maximum Gasteiger partial charge on any atom is 0.258 e. The molecule has 9 nitrogen and oxygen atoms in total. The van der Waals surface area contributed by atoms with Crippen LogP contribution in [0.4, 0.5) is 10.2 Å². The number of nitrogens with two attached hydrogens (primary N) is 1. The number of amides is 1. The quantitative estimate of drug-likeness (QED) is 0.379. The SMILES string of the molecule is CC(C)N(C(=O)c1cc(F)ccc1Oc1cncnc1N1CCC(CN2CC3(CCC(NSN)CC3)C2)C1)C(C)C. The monoisotopic (exact) mass is 585 g/mol. The van der Waals surface area contributed by atoms with Crippen molar-refractivity contribution in [1.29, 1.82) is 0 Å². The van der Waals surface area contributed by atoms with Crippen molar-refractivity contribution in [3.05, 3.63) is 42.1 Å². The molecule has 11 heteroatoms. The van der Waals surface area contributed by atoms with E-state index in [1.807, 2.05) is 27.7 Å². The molecule has 3 aliphatic rings. The van der Waals surface area contributed by atoms with Gasteiger partial charge in [0.1, 0.15) is 17.9 Å². The average Bonchev–Trinajstić information content (AvgIpc) is 3.38. The number of halogens is 1. The lowest BCUT2D eigenvalue weighted by molar-refractivity contribution is -0.0385. The summed E-state index contributed by atoms with van der Waals surface area (Å²) in [5.41, 5.74) is 0.689. The van der Waals surface area contributed by atoms with Crippen LogP contribution in [0.1, 0.15) is 70.2 Å². The summed E-state index contributed by atoms with van der Waals surface area (Å²) in [7, 11) is 0. The molecule has 1 unspecified atom stereocenters. The number of aromatic nitrogens is 2. The summed E-state index contributed by atoms with van der Waals surface area (Å²) >= 11 is 1.25. The van der Waals surface area contributed by atoms with Gasteiger partial charge in [0, 0.05) is 63.0 Å². The molecule has 1 aliphatic carbocycles. The summed E-state index contributed by atoms with van der Waals surface area (Å²) in [6.45, 7) is 13.1. The van der Waals surface area contributed by atoms with Gasteiger partial charge in [-0.1, -0.05) is 0 Å². The zero-order valence-corrected chi connectivity index (χ0v) is 25.5. The number of hydrogen-bond acceptors (Lipinski definition) is 9. The Morgan fingerprint density at radius 2 is 1.93 bits per heavy atom. The maximum atomic E-state index is 14.3. The number of likely N-dealkylation sites (tertiary alicyclic amines) is 1. The normalized spacial score (nSPS) is 21.1. The summed E-state index contributed by atoms with van der Waals surface area (Å²) in [6.07, 6.45) is 9.22. The predicted molar refractivity (Wildman–Crippen MR) is 161 cm³/mol. The zero-order valence-electron chi connectivity index (χ0n) is 24.7. The lowest BCUT2D eigenvalue weighted by atomic mass is 9.67. The van der Waals surface area contributed by atoms with E-state index in [9.17, 15) is 9.18 Å². The molecule has 2 saturated heterocycles. The Balaban J connectivity index is 1.23. The Bertz CT molecular complexity index is 1190. The third kappa shape index (κ3) is 6.79. The molecule has 3 fully saturated rings. The van der Waals surface area contributed by atoms with E-state index in [1.165, 1.54) is 75.4 Å². The highest BCUT2D eigenvalue weighted by molar-refractivity contribution is 7.95. The van der Waals surface area contributed by atoms with E-state index in [-0.39, 0.29) is 23.6 Å². The Kier molecular flexibility index (Phi) is 9.37. The number of carbonyl (C=O) groups is 1. The molecule has 1 aromatic heterocycles. The lowest BCUT2D eigenvalue weighted by Crippen LogP contribution is -2.59. The fourth-order valence-corrected chi connectivity index (χ4v) is 7.46. The second-order valence-electron chi connectivity index (χ2n) is 12.6. The van der Waals surface area contributed by atoms with Crippen molar-refractivity contribution in [2.45, 2.75) is 77.9 Å². The van der Waals surface area contributed by atoms with Crippen LogP contribution in [-0.4, -0.2) is 76.5 Å². The number of nitrogens with one attached hydrogen (secondary N) is 1. The summed E-state index contributed by atoms with van der Waals surface area (Å²) in [6, 6.07) is 4.55. The molecule has 2 aromatic rings. The Morgan fingerprint density at radius 1 is 1.20 bits per heavy atom. The van der Waals surface area contributed by atoms with E-state index in [1.54, 1.807) is 11.1 Å². The first-order valence-corrected chi connectivity index (χ1v) is 15.7.